The van der Waals surface area contributed by atoms with Gasteiger partial charge in [-0.1, -0.05) is 67.6 Å². The molecule has 148 valence electrons. The Morgan fingerprint density at radius 3 is 2.18 bits per heavy atom. The summed E-state index contributed by atoms with van der Waals surface area (Å²) in [4.78, 5) is 29.6. The van der Waals surface area contributed by atoms with Gasteiger partial charge in [-0.25, -0.2) is 0 Å². The molecule has 1 aliphatic heterocycles. The first-order chi connectivity index (χ1) is 13.4. The summed E-state index contributed by atoms with van der Waals surface area (Å²) in [6.45, 7) is 4.98. The topological polar surface area (TPSA) is 52.7 Å². The maximum absolute atomic E-state index is 13.4. The second-order valence-corrected chi connectivity index (χ2v) is 7.82. The minimum atomic E-state index is -0.880. The lowest BCUT2D eigenvalue weighted by Gasteiger charge is -2.37. The molecule has 0 aromatic heterocycles. The molecule has 3 rings (SSSR count). The number of likely N-dealkylation sites (N-methyl/N-ethyl adjacent to an activating group) is 2. The van der Waals surface area contributed by atoms with Gasteiger partial charge in [0.05, 0.1) is 6.04 Å². The average molecular weight is 380 g/mol. The number of benzene rings is 2. The molecule has 3 unspecified atom stereocenters. The van der Waals surface area contributed by atoms with Gasteiger partial charge in [-0.05, 0) is 18.1 Å². The Kier molecular flexibility index (Phi) is 5.84. The van der Waals surface area contributed by atoms with Crippen molar-refractivity contribution in [3.05, 3.63) is 71.8 Å². The first-order valence-corrected chi connectivity index (χ1v) is 9.70. The lowest BCUT2D eigenvalue weighted by atomic mass is 9.84. The third kappa shape index (κ3) is 3.67. The Hall–Kier alpha value is -2.66. The molecule has 2 aromatic carbocycles. The van der Waals surface area contributed by atoms with Crippen LogP contribution in [0.15, 0.2) is 60.7 Å². The van der Waals surface area contributed by atoms with Gasteiger partial charge in [-0.15, -0.1) is 0 Å². The van der Waals surface area contributed by atoms with E-state index in [2.05, 4.69) is 5.32 Å². The fourth-order valence-corrected chi connectivity index (χ4v) is 4.02. The van der Waals surface area contributed by atoms with Gasteiger partial charge in [0, 0.05) is 33.1 Å². The molecule has 3 atom stereocenters. The molecule has 2 amide bonds. The van der Waals surface area contributed by atoms with Crippen molar-refractivity contribution in [1.29, 1.82) is 0 Å². The number of carbonyl (C=O) groups is 2. The van der Waals surface area contributed by atoms with Crippen LogP contribution in [0.3, 0.4) is 0 Å². The number of likely N-dealkylation sites (tertiary alicyclic amines) is 1. The molecular weight excluding hydrogens is 350 g/mol. The van der Waals surface area contributed by atoms with E-state index in [0.717, 1.165) is 11.1 Å². The number of nitrogens with zero attached hydrogens (tertiary/aromatic N) is 2. The summed E-state index contributed by atoms with van der Waals surface area (Å²) in [5.41, 5.74) is 1.31. The second-order valence-electron chi connectivity index (χ2n) is 7.82. The van der Waals surface area contributed by atoms with Crippen molar-refractivity contribution in [2.24, 2.45) is 5.92 Å². The largest absolute Gasteiger partial charge is 0.339 e. The lowest BCUT2D eigenvalue weighted by molar-refractivity contribution is -0.147. The van der Waals surface area contributed by atoms with Crippen molar-refractivity contribution in [2.75, 3.05) is 14.1 Å². The van der Waals surface area contributed by atoms with Crippen LogP contribution >= 0.6 is 0 Å². The number of carbonyl (C=O) groups excluding carboxylic acids is 2. The van der Waals surface area contributed by atoms with Crippen LogP contribution in [0.5, 0.6) is 0 Å². The van der Waals surface area contributed by atoms with Crippen LogP contribution < -0.4 is 5.32 Å². The number of rotatable bonds is 6. The van der Waals surface area contributed by atoms with Crippen LogP contribution in [0.1, 0.15) is 25.0 Å². The predicted molar refractivity (Wildman–Crippen MR) is 110 cm³/mol. The zero-order valence-electron chi connectivity index (χ0n) is 17.1. The van der Waals surface area contributed by atoms with Crippen LogP contribution in [-0.2, 0) is 22.7 Å². The molecule has 5 heteroatoms. The first-order valence-electron chi connectivity index (χ1n) is 9.70. The van der Waals surface area contributed by atoms with Crippen molar-refractivity contribution < 1.29 is 9.59 Å². The van der Waals surface area contributed by atoms with Crippen LogP contribution in [0.4, 0.5) is 0 Å². The third-order valence-corrected chi connectivity index (χ3v) is 6.09. The maximum Gasteiger partial charge on any atom is 0.248 e. The normalized spacial score (nSPS) is 24.4. The minimum Gasteiger partial charge on any atom is -0.339 e. The highest BCUT2D eigenvalue weighted by Gasteiger charge is 2.57. The fraction of sp³-hybridized carbons (Fsp3) is 0.391. The summed E-state index contributed by atoms with van der Waals surface area (Å²) in [6, 6.07) is 19.5. The number of hydrogen-bond donors (Lipinski definition) is 1. The van der Waals surface area contributed by atoms with Gasteiger partial charge >= 0.3 is 0 Å². The van der Waals surface area contributed by atoms with Crippen molar-refractivity contribution in [3.8, 4) is 0 Å². The molecule has 0 saturated carbocycles. The van der Waals surface area contributed by atoms with E-state index in [1.165, 1.54) is 0 Å². The van der Waals surface area contributed by atoms with E-state index in [1.54, 1.807) is 23.9 Å². The maximum atomic E-state index is 13.4. The third-order valence-electron chi connectivity index (χ3n) is 6.09. The molecular formula is C23H29N3O2. The van der Waals surface area contributed by atoms with Gasteiger partial charge in [0.1, 0.15) is 5.54 Å². The number of hydrogen-bond acceptors (Lipinski definition) is 3. The van der Waals surface area contributed by atoms with E-state index in [4.69, 9.17) is 0 Å². The van der Waals surface area contributed by atoms with Crippen molar-refractivity contribution in [3.63, 3.8) is 0 Å². The SMILES string of the molecule is CC1C(NCc2ccccc2)C(=O)N(C)C1(C)C(=O)N(C)Cc1ccccc1. The average Bonchev–Trinajstić information content (AvgIpc) is 2.88. The van der Waals surface area contributed by atoms with Crippen molar-refractivity contribution in [2.45, 2.75) is 38.5 Å². The molecule has 1 aliphatic rings. The van der Waals surface area contributed by atoms with Crippen LogP contribution in [-0.4, -0.2) is 47.3 Å². The Bertz CT molecular complexity index is 824. The van der Waals surface area contributed by atoms with E-state index in [9.17, 15) is 9.59 Å². The zero-order valence-corrected chi connectivity index (χ0v) is 17.1. The molecule has 1 saturated heterocycles. The molecule has 1 N–H and O–H groups in total. The molecule has 1 heterocycles. The van der Waals surface area contributed by atoms with Crippen LogP contribution in [0.25, 0.3) is 0 Å². The fourth-order valence-electron chi connectivity index (χ4n) is 4.02. The van der Waals surface area contributed by atoms with Crippen molar-refractivity contribution >= 4 is 11.8 Å². The van der Waals surface area contributed by atoms with Gasteiger partial charge < -0.3 is 15.1 Å². The Morgan fingerprint density at radius 1 is 1.07 bits per heavy atom. The quantitative estimate of drug-likeness (QED) is 0.840. The Morgan fingerprint density at radius 2 is 1.61 bits per heavy atom. The van der Waals surface area contributed by atoms with Gasteiger partial charge in [0.25, 0.3) is 0 Å². The summed E-state index contributed by atoms with van der Waals surface area (Å²) >= 11 is 0. The first kappa shape index (κ1) is 20.1. The van der Waals surface area contributed by atoms with E-state index < -0.39 is 5.54 Å². The zero-order chi connectivity index (χ0) is 20.3. The predicted octanol–water partition coefficient (Wildman–Crippen LogP) is 2.67. The number of nitrogens with one attached hydrogen (secondary N) is 1. The van der Waals surface area contributed by atoms with Gasteiger partial charge in [-0.2, -0.15) is 0 Å². The number of amides is 2. The summed E-state index contributed by atoms with van der Waals surface area (Å²) in [5.74, 6) is -0.226. The van der Waals surface area contributed by atoms with Crippen LogP contribution in [0, 0.1) is 5.92 Å². The highest BCUT2D eigenvalue weighted by Crippen LogP contribution is 2.36. The summed E-state index contributed by atoms with van der Waals surface area (Å²) < 4.78 is 0. The molecule has 1 fully saturated rings. The molecule has 0 aliphatic carbocycles. The molecule has 5 nitrogen and oxygen atoms in total. The highest BCUT2D eigenvalue weighted by molar-refractivity contribution is 5.97. The van der Waals surface area contributed by atoms with Crippen LogP contribution in [0.2, 0.25) is 0 Å². The van der Waals surface area contributed by atoms with E-state index in [-0.39, 0.29) is 23.8 Å². The Labute approximate surface area is 167 Å². The minimum absolute atomic E-state index is 0.0348. The smallest absolute Gasteiger partial charge is 0.248 e. The Balaban J connectivity index is 1.74. The van der Waals surface area contributed by atoms with Crippen molar-refractivity contribution in [1.82, 2.24) is 15.1 Å². The van der Waals surface area contributed by atoms with E-state index in [0.29, 0.717) is 13.1 Å². The summed E-state index contributed by atoms with van der Waals surface area (Å²) in [5, 5.41) is 3.36. The standard InChI is InChI=1S/C23H29N3O2/c1-17-20(24-15-18-11-7-5-8-12-18)21(27)26(4)23(17,2)22(28)25(3)16-19-13-9-6-10-14-19/h5-14,17,20,24H,15-16H2,1-4H3. The summed E-state index contributed by atoms with van der Waals surface area (Å²) in [6.07, 6.45) is 0. The van der Waals surface area contributed by atoms with Gasteiger partial charge in [0.15, 0.2) is 0 Å². The van der Waals surface area contributed by atoms with E-state index >= 15 is 0 Å². The highest BCUT2D eigenvalue weighted by atomic mass is 16.2. The monoisotopic (exact) mass is 379 g/mol. The molecule has 0 radical (unpaired) electrons. The molecule has 2 aromatic rings. The van der Waals surface area contributed by atoms with E-state index in [1.807, 2.05) is 74.5 Å². The molecule has 28 heavy (non-hydrogen) atoms. The van der Waals surface area contributed by atoms with Gasteiger partial charge in [-0.3, -0.25) is 9.59 Å². The second kappa shape index (κ2) is 8.15. The summed E-state index contributed by atoms with van der Waals surface area (Å²) in [7, 11) is 3.54. The molecule has 0 spiro atoms. The molecule has 0 bridgehead atoms. The van der Waals surface area contributed by atoms with Gasteiger partial charge in [0.2, 0.25) is 11.8 Å². The lowest BCUT2D eigenvalue weighted by Crippen LogP contribution is -2.56.